The number of unbranched alkanes of at least 4 members (excludes halogenated alkanes) is 3. The summed E-state index contributed by atoms with van der Waals surface area (Å²) in [6.07, 6.45) is 3.26. The molecule has 1 heterocycles. The van der Waals surface area contributed by atoms with Gasteiger partial charge in [0.25, 0.3) is 0 Å². The molecule has 1 saturated heterocycles. The van der Waals surface area contributed by atoms with Crippen molar-refractivity contribution in [1.82, 2.24) is 0 Å². The number of carboxylic acids is 1. The Kier molecular flexibility index (Phi) is 12.8. The summed E-state index contributed by atoms with van der Waals surface area (Å²) in [7, 11) is 0. The normalized spacial score (nSPS) is 18.0. The van der Waals surface area contributed by atoms with Crippen molar-refractivity contribution in [2.75, 3.05) is 16.4 Å². The number of carbonyl (C=O) groups is 3. The van der Waals surface area contributed by atoms with Crippen LogP contribution in [0.2, 0.25) is 0 Å². The van der Waals surface area contributed by atoms with Gasteiger partial charge < -0.3 is 30.3 Å². The maximum absolute atomic E-state index is 12.4. The molecule has 1 aliphatic heterocycles. The second-order valence-corrected chi connectivity index (χ2v) is 11.9. The lowest BCUT2D eigenvalue weighted by molar-refractivity contribution is -0.245. The second kappa shape index (κ2) is 17.0. The van der Waals surface area contributed by atoms with Crippen molar-refractivity contribution in [2.24, 2.45) is 0 Å². The number of rotatable bonds is 15. The number of hydrogen-bond donors (Lipinski definition) is 4. The lowest BCUT2D eigenvalue weighted by atomic mass is 10.0. The van der Waals surface area contributed by atoms with E-state index in [9.17, 15) is 19.5 Å². The number of thioether (sulfide) groups is 1. The van der Waals surface area contributed by atoms with E-state index in [2.05, 4.69) is 10.6 Å². The van der Waals surface area contributed by atoms with Gasteiger partial charge in [0.05, 0.1) is 18.8 Å². The summed E-state index contributed by atoms with van der Waals surface area (Å²) in [6.45, 7) is 1.46. The van der Waals surface area contributed by atoms with Crippen LogP contribution >= 0.6 is 11.8 Å². The number of amides is 2. The zero-order chi connectivity index (χ0) is 31.3. The van der Waals surface area contributed by atoms with Crippen molar-refractivity contribution in [3.8, 4) is 0 Å². The fraction of sp³-hybridized carbons (Fsp3) is 0.382. The average molecular weight is 621 g/mol. The van der Waals surface area contributed by atoms with Crippen molar-refractivity contribution >= 4 is 40.9 Å². The third kappa shape index (κ3) is 10.8. The molecule has 2 amide bonds. The van der Waals surface area contributed by atoms with E-state index in [0.717, 1.165) is 40.1 Å². The highest BCUT2D eigenvalue weighted by molar-refractivity contribution is 7.99. The first-order chi connectivity index (χ1) is 21.3. The molecule has 1 fully saturated rings. The predicted octanol–water partition coefficient (Wildman–Crippen LogP) is 6.84. The smallest absolute Gasteiger partial charge is 0.303 e. The van der Waals surface area contributed by atoms with Crippen molar-refractivity contribution in [2.45, 2.75) is 81.9 Å². The van der Waals surface area contributed by atoms with Gasteiger partial charge in [0.2, 0.25) is 11.8 Å². The molecule has 9 nitrogen and oxygen atoms in total. The van der Waals surface area contributed by atoms with E-state index in [1.54, 1.807) is 11.8 Å². The van der Waals surface area contributed by atoms with E-state index in [0.29, 0.717) is 37.1 Å². The second-order valence-electron chi connectivity index (χ2n) is 10.8. The summed E-state index contributed by atoms with van der Waals surface area (Å²) >= 11 is 1.68. The van der Waals surface area contributed by atoms with Crippen molar-refractivity contribution in [3.63, 3.8) is 0 Å². The molecule has 3 atom stereocenters. The standard InChI is InChI=1S/C34H40N2O7S/c1-23(38)35-27-16-18-30(19-17-27)44-22-29-20-31(25-10-8-24(21-37)9-11-25)43-34(42-29)26-12-14-28(15-13-26)36-32(39)6-4-2-3-5-7-33(40)41/h8-19,29,31,34,37H,2-7,20-22H2,1H3,(H,35,38)(H,36,39)(H,40,41)/t29-,31+,34+/m1/s1. The number of hydrogen-bond acceptors (Lipinski definition) is 7. The Hall–Kier alpha value is -3.70. The molecular formula is C34H40N2O7S. The summed E-state index contributed by atoms with van der Waals surface area (Å²) in [5, 5.41) is 23.9. The molecule has 0 aromatic heterocycles. The highest BCUT2D eigenvalue weighted by atomic mass is 32.2. The Morgan fingerprint density at radius 1 is 0.795 bits per heavy atom. The van der Waals surface area contributed by atoms with E-state index in [4.69, 9.17) is 14.6 Å². The van der Waals surface area contributed by atoms with Gasteiger partial charge in [0.1, 0.15) is 0 Å². The zero-order valence-corrected chi connectivity index (χ0v) is 25.7. The molecule has 0 bridgehead atoms. The number of aliphatic hydroxyl groups is 1. The third-order valence-electron chi connectivity index (χ3n) is 7.24. The van der Waals surface area contributed by atoms with Gasteiger partial charge in [-0.15, -0.1) is 11.8 Å². The number of anilines is 2. The van der Waals surface area contributed by atoms with Crippen LogP contribution in [0.15, 0.2) is 77.7 Å². The lowest BCUT2D eigenvalue weighted by Gasteiger charge is -2.36. The van der Waals surface area contributed by atoms with Crippen LogP contribution in [-0.2, 0) is 30.5 Å². The zero-order valence-electron chi connectivity index (χ0n) is 24.9. The molecule has 0 unspecified atom stereocenters. The number of aliphatic carboxylic acids is 1. The van der Waals surface area contributed by atoms with Crippen LogP contribution in [0.5, 0.6) is 0 Å². The number of nitrogens with one attached hydrogen (secondary N) is 2. The van der Waals surface area contributed by atoms with Gasteiger partial charge in [0, 0.05) is 53.8 Å². The lowest BCUT2D eigenvalue weighted by Crippen LogP contribution is -2.31. The Morgan fingerprint density at radius 2 is 1.41 bits per heavy atom. The fourth-order valence-electron chi connectivity index (χ4n) is 4.91. The van der Waals surface area contributed by atoms with Gasteiger partial charge in [-0.25, -0.2) is 0 Å². The minimum absolute atomic E-state index is 0.0206. The van der Waals surface area contributed by atoms with Crippen LogP contribution in [-0.4, -0.2) is 39.9 Å². The maximum Gasteiger partial charge on any atom is 0.303 e. The van der Waals surface area contributed by atoms with Crippen LogP contribution in [0.25, 0.3) is 0 Å². The molecule has 0 spiro atoms. The maximum atomic E-state index is 12.4. The first kappa shape index (κ1) is 33.2. The van der Waals surface area contributed by atoms with E-state index in [-0.39, 0.29) is 37.0 Å². The van der Waals surface area contributed by atoms with Gasteiger partial charge in [-0.1, -0.05) is 49.2 Å². The van der Waals surface area contributed by atoms with E-state index in [1.165, 1.54) is 6.92 Å². The number of aliphatic hydroxyl groups excluding tert-OH is 1. The van der Waals surface area contributed by atoms with Gasteiger partial charge in [-0.05, 0) is 60.4 Å². The Bertz CT molecular complexity index is 1360. The molecule has 0 saturated carbocycles. The summed E-state index contributed by atoms with van der Waals surface area (Å²) in [5.74, 6) is -0.269. The summed E-state index contributed by atoms with van der Waals surface area (Å²) in [4.78, 5) is 35.4. The molecule has 0 radical (unpaired) electrons. The molecule has 44 heavy (non-hydrogen) atoms. The Morgan fingerprint density at radius 3 is 2.05 bits per heavy atom. The monoisotopic (exact) mass is 620 g/mol. The van der Waals surface area contributed by atoms with Gasteiger partial charge in [-0.3, -0.25) is 14.4 Å². The van der Waals surface area contributed by atoms with Crippen molar-refractivity contribution in [1.29, 1.82) is 0 Å². The summed E-state index contributed by atoms with van der Waals surface area (Å²) in [5.41, 5.74) is 4.13. The Balaban J connectivity index is 1.36. The summed E-state index contributed by atoms with van der Waals surface area (Å²) < 4.78 is 12.9. The largest absolute Gasteiger partial charge is 0.481 e. The quantitative estimate of drug-likeness (QED) is 0.107. The van der Waals surface area contributed by atoms with Crippen LogP contribution in [0, 0.1) is 0 Å². The minimum atomic E-state index is -0.789. The van der Waals surface area contributed by atoms with Gasteiger partial charge >= 0.3 is 5.97 Å². The molecule has 4 N–H and O–H groups in total. The molecule has 3 aromatic carbocycles. The third-order valence-corrected chi connectivity index (χ3v) is 8.38. The molecular weight excluding hydrogens is 580 g/mol. The molecule has 3 aromatic rings. The fourth-order valence-corrected chi connectivity index (χ4v) is 5.83. The highest BCUT2D eigenvalue weighted by Crippen LogP contribution is 2.39. The van der Waals surface area contributed by atoms with Crippen LogP contribution in [0.1, 0.15) is 81.0 Å². The van der Waals surface area contributed by atoms with Crippen LogP contribution < -0.4 is 10.6 Å². The number of carboxylic acid groups (broad SMARTS) is 1. The topological polar surface area (TPSA) is 134 Å². The first-order valence-corrected chi connectivity index (χ1v) is 15.9. The van der Waals surface area contributed by atoms with Crippen LogP contribution in [0.4, 0.5) is 11.4 Å². The first-order valence-electron chi connectivity index (χ1n) is 14.9. The number of benzene rings is 3. The van der Waals surface area contributed by atoms with Gasteiger partial charge in [-0.2, -0.15) is 0 Å². The molecule has 10 heteroatoms. The van der Waals surface area contributed by atoms with E-state index >= 15 is 0 Å². The molecule has 4 rings (SSSR count). The van der Waals surface area contributed by atoms with Crippen LogP contribution in [0.3, 0.4) is 0 Å². The Labute approximate surface area is 262 Å². The molecule has 0 aliphatic carbocycles. The molecule has 1 aliphatic rings. The van der Waals surface area contributed by atoms with E-state index < -0.39 is 12.3 Å². The average Bonchev–Trinajstić information content (AvgIpc) is 3.02. The SMILES string of the molecule is CC(=O)Nc1ccc(SC[C@H]2C[C@@H](c3ccc(CO)cc3)O[C@@H](c3ccc(NC(=O)CCCCCCC(=O)O)cc3)O2)cc1. The van der Waals surface area contributed by atoms with E-state index in [1.807, 2.05) is 72.8 Å². The summed E-state index contributed by atoms with van der Waals surface area (Å²) in [6, 6.07) is 22.9. The van der Waals surface area contributed by atoms with Crippen molar-refractivity contribution in [3.05, 3.63) is 89.5 Å². The predicted molar refractivity (Wildman–Crippen MR) is 170 cm³/mol. The minimum Gasteiger partial charge on any atom is -0.481 e. The molecule has 234 valence electrons. The van der Waals surface area contributed by atoms with Gasteiger partial charge in [0.15, 0.2) is 6.29 Å². The highest BCUT2D eigenvalue weighted by Gasteiger charge is 2.32. The van der Waals surface area contributed by atoms with Crippen molar-refractivity contribution < 1.29 is 34.1 Å². The number of ether oxygens (including phenoxy) is 2. The number of carbonyl (C=O) groups excluding carboxylic acids is 2.